The smallest absolute Gasteiger partial charge is 0.407 e. The lowest BCUT2D eigenvalue weighted by atomic mass is 10.1. The molecule has 0 spiro atoms. The molecule has 9 heteroatoms. The van der Waals surface area contributed by atoms with Gasteiger partial charge in [0.2, 0.25) is 0 Å². The number of hydrogen-bond acceptors (Lipinski definition) is 4. The van der Waals surface area contributed by atoms with Gasteiger partial charge in [0, 0.05) is 29.2 Å². The zero-order valence-electron chi connectivity index (χ0n) is 15.9. The highest BCUT2D eigenvalue weighted by molar-refractivity contribution is 5.83. The quantitative estimate of drug-likeness (QED) is 0.487. The van der Waals surface area contributed by atoms with Crippen molar-refractivity contribution >= 4 is 17.0 Å². The summed E-state index contributed by atoms with van der Waals surface area (Å²) in [6, 6.07) is 11.9. The van der Waals surface area contributed by atoms with E-state index in [0.29, 0.717) is 18.7 Å². The fraction of sp³-hybridized carbons (Fsp3) is 0.190. The van der Waals surface area contributed by atoms with Crippen LogP contribution in [-0.2, 0) is 24.3 Å². The molecule has 0 aliphatic rings. The van der Waals surface area contributed by atoms with Crippen LogP contribution in [0.3, 0.4) is 0 Å². The molecule has 0 bridgehead atoms. The van der Waals surface area contributed by atoms with Gasteiger partial charge in [-0.15, -0.1) is 5.10 Å². The molecule has 2 aromatic heterocycles. The molecule has 1 amide bonds. The van der Waals surface area contributed by atoms with E-state index < -0.39 is 17.7 Å². The maximum Gasteiger partial charge on any atom is 0.407 e. The van der Waals surface area contributed by atoms with Gasteiger partial charge in [-0.25, -0.2) is 18.3 Å². The van der Waals surface area contributed by atoms with Gasteiger partial charge in [0.15, 0.2) is 11.6 Å². The molecule has 30 heavy (non-hydrogen) atoms. The number of alkyl carbamates (subject to hydrolysis) is 1. The van der Waals surface area contributed by atoms with Crippen molar-refractivity contribution in [3.05, 3.63) is 83.3 Å². The van der Waals surface area contributed by atoms with Crippen molar-refractivity contribution in [3.8, 4) is 0 Å². The van der Waals surface area contributed by atoms with Gasteiger partial charge in [0.1, 0.15) is 12.3 Å². The monoisotopic (exact) mass is 411 g/mol. The number of para-hydroxylation sites is 1. The first-order valence-corrected chi connectivity index (χ1v) is 9.37. The molecule has 4 rings (SSSR count). The number of halogens is 2. The van der Waals surface area contributed by atoms with Gasteiger partial charge in [-0.05, 0) is 24.1 Å². The van der Waals surface area contributed by atoms with Crippen molar-refractivity contribution in [1.29, 1.82) is 0 Å². The lowest BCUT2D eigenvalue weighted by Crippen LogP contribution is -2.26. The van der Waals surface area contributed by atoms with Gasteiger partial charge >= 0.3 is 6.09 Å². The highest BCUT2D eigenvalue weighted by Gasteiger charge is 2.11. The molecule has 0 atom stereocenters. The van der Waals surface area contributed by atoms with Crippen LogP contribution in [0.2, 0.25) is 0 Å². The van der Waals surface area contributed by atoms with Crippen molar-refractivity contribution in [1.82, 2.24) is 25.3 Å². The molecule has 2 heterocycles. The number of H-pyrrole nitrogens is 1. The lowest BCUT2D eigenvalue weighted by Gasteiger charge is -2.05. The number of aromatic nitrogens is 4. The first-order chi connectivity index (χ1) is 14.6. The Morgan fingerprint density at radius 2 is 2.00 bits per heavy atom. The first-order valence-electron chi connectivity index (χ1n) is 9.37. The van der Waals surface area contributed by atoms with Crippen LogP contribution in [0.1, 0.15) is 16.8 Å². The molecule has 0 aliphatic heterocycles. The van der Waals surface area contributed by atoms with Crippen LogP contribution in [0.5, 0.6) is 0 Å². The molecule has 0 saturated carbocycles. The number of hydrogen-bond donors (Lipinski definition) is 2. The molecule has 7 nitrogen and oxygen atoms in total. The molecule has 2 aromatic carbocycles. The number of fused-ring (bicyclic) bond motifs is 1. The summed E-state index contributed by atoms with van der Waals surface area (Å²) in [5.74, 6) is -1.83. The highest BCUT2D eigenvalue weighted by atomic mass is 19.2. The second-order valence-electron chi connectivity index (χ2n) is 6.73. The third-order valence-electron chi connectivity index (χ3n) is 4.64. The summed E-state index contributed by atoms with van der Waals surface area (Å²) in [6.45, 7) is 0.365. The number of aromatic amines is 1. The van der Waals surface area contributed by atoms with Crippen molar-refractivity contribution in [2.45, 2.75) is 19.6 Å². The number of amides is 1. The topological polar surface area (TPSA) is 84.8 Å². The van der Waals surface area contributed by atoms with E-state index in [1.165, 1.54) is 23.0 Å². The molecule has 0 fully saturated rings. The predicted molar refractivity (Wildman–Crippen MR) is 106 cm³/mol. The zero-order chi connectivity index (χ0) is 20.9. The number of rotatable bonds is 7. The summed E-state index contributed by atoms with van der Waals surface area (Å²) in [5, 5.41) is 11.5. The van der Waals surface area contributed by atoms with Crippen molar-refractivity contribution in [3.63, 3.8) is 0 Å². The third-order valence-corrected chi connectivity index (χ3v) is 4.64. The summed E-state index contributed by atoms with van der Waals surface area (Å²) >= 11 is 0. The number of nitrogens with zero attached hydrogens (tertiary/aromatic N) is 3. The molecule has 4 aromatic rings. The molecular formula is C21H19F2N5O2. The SMILES string of the molecule is O=C(NCCc1c[nH]c2ccccc12)OCc1cn(Cc2cccc(F)c2F)nn1. The molecule has 0 unspecified atom stereocenters. The van der Waals surface area contributed by atoms with Crippen molar-refractivity contribution in [2.75, 3.05) is 6.54 Å². The van der Waals surface area contributed by atoms with Crippen LogP contribution < -0.4 is 5.32 Å². The normalized spacial score (nSPS) is 11.0. The van der Waals surface area contributed by atoms with Gasteiger partial charge in [-0.3, -0.25) is 0 Å². The van der Waals surface area contributed by atoms with Crippen molar-refractivity contribution < 1.29 is 18.3 Å². The average molecular weight is 411 g/mol. The minimum absolute atomic E-state index is 0.0212. The minimum atomic E-state index is -0.916. The van der Waals surface area contributed by atoms with Gasteiger partial charge < -0.3 is 15.0 Å². The van der Waals surface area contributed by atoms with E-state index in [0.717, 1.165) is 22.5 Å². The summed E-state index contributed by atoms with van der Waals surface area (Å²) in [7, 11) is 0. The molecule has 154 valence electrons. The molecule has 0 saturated heterocycles. The van der Waals surface area contributed by atoms with E-state index in [1.54, 1.807) is 0 Å². The fourth-order valence-electron chi connectivity index (χ4n) is 3.16. The third kappa shape index (κ3) is 4.45. The lowest BCUT2D eigenvalue weighted by molar-refractivity contribution is 0.138. The Bertz CT molecular complexity index is 1170. The summed E-state index contributed by atoms with van der Waals surface area (Å²) < 4.78 is 33.5. The van der Waals surface area contributed by atoms with Crippen LogP contribution in [-0.4, -0.2) is 32.6 Å². The standard InChI is InChI=1S/C21H19F2N5O2/c22-18-6-3-4-15(20(18)23)11-28-12-16(26-27-28)13-30-21(29)24-9-8-14-10-25-19-7-2-1-5-17(14)19/h1-7,10,12,25H,8-9,11,13H2,(H,24,29). The number of carbonyl (C=O) groups excluding carboxylic acids is 1. The second kappa shape index (κ2) is 8.73. The predicted octanol–water partition coefficient (Wildman–Crippen LogP) is 3.55. The number of carbonyl (C=O) groups is 1. The first kappa shape index (κ1) is 19.6. The zero-order valence-corrected chi connectivity index (χ0v) is 15.9. The van der Waals surface area contributed by atoms with E-state index in [-0.39, 0.29) is 18.7 Å². The molecule has 0 radical (unpaired) electrons. The van der Waals surface area contributed by atoms with Crippen LogP contribution in [0, 0.1) is 11.6 Å². The van der Waals surface area contributed by atoms with Gasteiger partial charge in [-0.1, -0.05) is 35.5 Å². The van der Waals surface area contributed by atoms with Gasteiger partial charge in [-0.2, -0.15) is 0 Å². The maximum atomic E-state index is 13.7. The van der Waals surface area contributed by atoms with Gasteiger partial charge in [0.25, 0.3) is 0 Å². The number of ether oxygens (including phenoxy) is 1. The molecule has 0 aliphatic carbocycles. The van der Waals surface area contributed by atoms with E-state index >= 15 is 0 Å². The van der Waals surface area contributed by atoms with Crippen molar-refractivity contribution in [2.24, 2.45) is 0 Å². The van der Waals surface area contributed by atoms with E-state index in [9.17, 15) is 13.6 Å². The minimum Gasteiger partial charge on any atom is -0.443 e. The number of benzene rings is 2. The Morgan fingerprint density at radius 3 is 2.90 bits per heavy atom. The van der Waals surface area contributed by atoms with Crippen LogP contribution in [0.15, 0.2) is 54.9 Å². The van der Waals surface area contributed by atoms with Crippen LogP contribution >= 0.6 is 0 Å². The number of nitrogens with one attached hydrogen (secondary N) is 2. The van der Waals surface area contributed by atoms with E-state index in [2.05, 4.69) is 20.6 Å². The average Bonchev–Trinajstić information content (AvgIpc) is 3.37. The Hall–Kier alpha value is -3.75. The Balaban J connectivity index is 1.24. The Labute approximate surface area is 170 Å². The summed E-state index contributed by atoms with van der Waals surface area (Å²) in [6.07, 6.45) is 3.54. The largest absolute Gasteiger partial charge is 0.443 e. The molecule has 2 N–H and O–H groups in total. The van der Waals surface area contributed by atoms with E-state index in [1.807, 2.05) is 30.5 Å². The fourth-order valence-corrected chi connectivity index (χ4v) is 3.16. The van der Waals surface area contributed by atoms with Gasteiger partial charge in [0.05, 0.1) is 12.7 Å². The van der Waals surface area contributed by atoms with Crippen LogP contribution in [0.25, 0.3) is 10.9 Å². The van der Waals surface area contributed by atoms with E-state index in [4.69, 9.17) is 4.74 Å². The highest BCUT2D eigenvalue weighted by Crippen LogP contribution is 2.17. The second-order valence-corrected chi connectivity index (χ2v) is 6.73. The van der Waals surface area contributed by atoms with Crippen LogP contribution in [0.4, 0.5) is 13.6 Å². The summed E-state index contributed by atoms with van der Waals surface area (Å²) in [4.78, 5) is 15.1. The Morgan fingerprint density at radius 1 is 1.13 bits per heavy atom. The Kier molecular flexibility index (Phi) is 5.69. The summed E-state index contributed by atoms with van der Waals surface area (Å²) in [5.41, 5.74) is 2.72. The molecular weight excluding hydrogens is 392 g/mol. The maximum absolute atomic E-state index is 13.7.